The van der Waals surface area contributed by atoms with E-state index in [1.54, 1.807) is 11.3 Å². The van der Waals surface area contributed by atoms with Crippen LogP contribution in [0.25, 0.3) is 80.0 Å². The molecule has 0 aliphatic heterocycles. The van der Waals surface area contributed by atoms with Gasteiger partial charge in [-0.2, -0.15) is 0 Å². The first kappa shape index (κ1) is 22.4. The molecule has 4 heteroatoms. The van der Waals surface area contributed by atoms with Gasteiger partial charge in [0.15, 0.2) is 5.69 Å². The first-order chi connectivity index (χ1) is 20.3. The van der Waals surface area contributed by atoms with Crippen LogP contribution in [0.1, 0.15) is 0 Å². The minimum Gasteiger partial charge on any atom is -0.309 e. The van der Waals surface area contributed by atoms with E-state index in [1.807, 2.05) is 12.1 Å². The second kappa shape index (κ2) is 8.32. The molecule has 6 aromatic carbocycles. The van der Waals surface area contributed by atoms with Crippen molar-refractivity contribution in [1.82, 2.24) is 9.13 Å². The molecule has 0 N–H and O–H groups in total. The lowest BCUT2D eigenvalue weighted by Crippen LogP contribution is -1.96. The smallest absolute Gasteiger partial charge is 0.187 e. The summed E-state index contributed by atoms with van der Waals surface area (Å²) in [4.78, 5) is 3.69. The molecule has 3 nitrogen and oxygen atoms in total. The lowest BCUT2D eigenvalue weighted by atomic mass is 10.1. The van der Waals surface area contributed by atoms with Crippen LogP contribution in [0, 0.1) is 6.57 Å². The summed E-state index contributed by atoms with van der Waals surface area (Å²) in [5.74, 6) is 0. The molecule has 0 atom stereocenters. The molecule has 0 aliphatic rings. The Morgan fingerprint density at radius 1 is 0.488 bits per heavy atom. The molecule has 190 valence electrons. The second-order valence-electron chi connectivity index (χ2n) is 10.4. The van der Waals surface area contributed by atoms with E-state index >= 15 is 0 Å². The van der Waals surface area contributed by atoms with Gasteiger partial charge in [0.2, 0.25) is 0 Å². The number of hydrogen-bond donors (Lipinski definition) is 0. The molecule has 0 aliphatic carbocycles. The van der Waals surface area contributed by atoms with Crippen LogP contribution < -0.4 is 0 Å². The van der Waals surface area contributed by atoms with E-state index in [1.165, 1.54) is 69.8 Å². The zero-order valence-corrected chi connectivity index (χ0v) is 22.7. The van der Waals surface area contributed by atoms with Crippen molar-refractivity contribution in [1.29, 1.82) is 0 Å². The molecule has 0 unspecified atom stereocenters. The fourth-order valence-electron chi connectivity index (χ4n) is 6.65. The summed E-state index contributed by atoms with van der Waals surface area (Å²) >= 11 is 1.80. The summed E-state index contributed by atoms with van der Waals surface area (Å²) in [6.07, 6.45) is 0. The molecule has 0 fully saturated rings. The highest BCUT2D eigenvalue weighted by atomic mass is 32.1. The Morgan fingerprint density at radius 2 is 1.05 bits per heavy atom. The van der Waals surface area contributed by atoms with Crippen molar-refractivity contribution in [3.05, 3.63) is 139 Å². The monoisotopic (exact) mass is 539 g/mol. The molecule has 0 spiro atoms. The topological polar surface area (TPSA) is 14.2 Å². The Labute approximate surface area is 239 Å². The van der Waals surface area contributed by atoms with Gasteiger partial charge in [0.1, 0.15) is 0 Å². The van der Waals surface area contributed by atoms with Crippen molar-refractivity contribution in [2.75, 3.05) is 0 Å². The van der Waals surface area contributed by atoms with Crippen LogP contribution in [0.2, 0.25) is 0 Å². The van der Waals surface area contributed by atoms with E-state index < -0.39 is 0 Å². The maximum atomic E-state index is 7.52. The average molecular weight is 540 g/mol. The largest absolute Gasteiger partial charge is 0.309 e. The number of hydrogen-bond acceptors (Lipinski definition) is 1. The molecule has 41 heavy (non-hydrogen) atoms. The molecule has 3 aromatic heterocycles. The van der Waals surface area contributed by atoms with Crippen LogP contribution in [0.4, 0.5) is 5.69 Å². The summed E-state index contributed by atoms with van der Waals surface area (Å²) in [5.41, 5.74) is 7.80. The SMILES string of the molecule is [C-]#[N+]c1ccc2sc3c(-n4c5ccccc5c5c(-n6c7ccccc7c7ccccc76)cccc54)cccc3c2c1. The zero-order chi connectivity index (χ0) is 27.1. The van der Waals surface area contributed by atoms with Gasteiger partial charge in [-0.15, -0.1) is 11.3 Å². The predicted molar refractivity (Wildman–Crippen MR) is 174 cm³/mol. The van der Waals surface area contributed by atoms with Crippen LogP contribution in [0.3, 0.4) is 0 Å². The third-order valence-electron chi connectivity index (χ3n) is 8.33. The lowest BCUT2D eigenvalue weighted by molar-refractivity contribution is 1.18. The van der Waals surface area contributed by atoms with Crippen molar-refractivity contribution in [3.8, 4) is 11.4 Å². The van der Waals surface area contributed by atoms with Crippen molar-refractivity contribution in [3.63, 3.8) is 0 Å². The third-order valence-corrected chi connectivity index (χ3v) is 9.54. The van der Waals surface area contributed by atoms with Crippen molar-refractivity contribution < 1.29 is 0 Å². The van der Waals surface area contributed by atoms with Gasteiger partial charge in [-0.1, -0.05) is 84.9 Å². The van der Waals surface area contributed by atoms with E-state index in [9.17, 15) is 0 Å². The average Bonchev–Trinajstić information content (AvgIpc) is 3.68. The van der Waals surface area contributed by atoms with Gasteiger partial charge in [-0.3, -0.25) is 0 Å². The van der Waals surface area contributed by atoms with E-state index in [-0.39, 0.29) is 0 Å². The van der Waals surface area contributed by atoms with Crippen LogP contribution in [0.15, 0.2) is 127 Å². The van der Waals surface area contributed by atoms with Crippen LogP contribution in [-0.4, -0.2) is 9.13 Å². The minimum absolute atomic E-state index is 0.676. The van der Waals surface area contributed by atoms with E-state index in [0.717, 1.165) is 5.39 Å². The Morgan fingerprint density at radius 3 is 1.78 bits per heavy atom. The zero-order valence-electron chi connectivity index (χ0n) is 21.9. The van der Waals surface area contributed by atoms with E-state index in [0.29, 0.717) is 5.69 Å². The number of para-hydroxylation sites is 3. The Bertz CT molecular complexity index is 2500. The molecule has 0 saturated carbocycles. The third kappa shape index (κ3) is 3.01. The van der Waals surface area contributed by atoms with Crippen molar-refractivity contribution in [2.45, 2.75) is 0 Å². The van der Waals surface area contributed by atoms with Crippen molar-refractivity contribution in [2.24, 2.45) is 0 Å². The first-order valence-electron chi connectivity index (χ1n) is 13.7. The Kier molecular flexibility index (Phi) is 4.55. The summed E-state index contributed by atoms with van der Waals surface area (Å²) in [7, 11) is 0. The fourth-order valence-corrected chi connectivity index (χ4v) is 7.83. The maximum Gasteiger partial charge on any atom is 0.187 e. The van der Waals surface area contributed by atoms with Gasteiger partial charge in [0.25, 0.3) is 0 Å². The second-order valence-corrected chi connectivity index (χ2v) is 11.5. The molecular weight excluding hydrogens is 518 g/mol. The number of aromatic nitrogens is 2. The fraction of sp³-hybridized carbons (Fsp3) is 0. The van der Waals surface area contributed by atoms with Gasteiger partial charge >= 0.3 is 0 Å². The van der Waals surface area contributed by atoms with Crippen LogP contribution in [-0.2, 0) is 0 Å². The van der Waals surface area contributed by atoms with Crippen LogP contribution in [0.5, 0.6) is 0 Å². The Hall–Kier alpha value is -5.37. The van der Waals surface area contributed by atoms with Gasteiger partial charge in [-0.25, -0.2) is 4.85 Å². The molecular formula is C37H21N3S. The van der Waals surface area contributed by atoms with Gasteiger partial charge < -0.3 is 9.13 Å². The van der Waals surface area contributed by atoms with Crippen LogP contribution >= 0.6 is 11.3 Å². The highest BCUT2D eigenvalue weighted by Crippen LogP contribution is 2.43. The molecule has 9 aromatic rings. The summed E-state index contributed by atoms with van der Waals surface area (Å²) in [6, 6.07) is 45.4. The normalized spacial score (nSPS) is 11.9. The molecule has 0 radical (unpaired) electrons. The maximum absolute atomic E-state index is 7.52. The molecule has 0 bridgehead atoms. The lowest BCUT2D eigenvalue weighted by Gasteiger charge is -2.12. The molecule has 3 heterocycles. The number of benzene rings is 6. The Balaban J connectivity index is 1.43. The van der Waals surface area contributed by atoms with Gasteiger partial charge in [0, 0.05) is 31.6 Å². The summed E-state index contributed by atoms with van der Waals surface area (Å²) in [5, 5.41) is 7.33. The first-order valence-corrected chi connectivity index (χ1v) is 14.5. The summed E-state index contributed by atoms with van der Waals surface area (Å²) < 4.78 is 7.28. The standard InChI is InChI=1S/C37H21N3S/c1-38-23-20-21-35-28(22-23)26-13-8-19-34(37(26)41-35)40-31-16-7-4-12-27(31)36-32(17-9-18-33(36)40)39-29-14-5-2-10-24(29)25-11-3-6-15-30(25)39/h2-22H. The molecule has 0 amide bonds. The number of thiophene rings is 1. The molecule has 0 saturated heterocycles. The predicted octanol–water partition coefficient (Wildman–Crippen LogP) is 10.8. The van der Waals surface area contributed by atoms with Gasteiger partial charge in [-0.05, 0) is 47.9 Å². The van der Waals surface area contributed by atoms with Gasteiger partial charge in [0.05, 0.1) is 44.7 Å². The molecule has 9 rings (SSSR count). The van der Waals surface area contributed by atoms with E-state index in [4.69, 9.17) is 6.57 Å². The van der Waals surface area contributed by atoms with Crippen molar-refractivity contribution >= 4 is 80.8 Å². The highest BCUT2D eigenvalue weighted by Gasteiger charge is 2.20. The highest BCUT2D eigenvalue weighted by molar-refractivity contribution is 7.26. The number of nitrogens with zero attached hydrogens (tertiary/aromatic N) is 3. The number of rotatable bonds is 2. The van der Waals surface area contributed by atoms with E-state index in [2.05, 4.69) is 129 Å². The quantitative estimate of drug-likeness (QED) is 0.194. The summed E-state index contributed by atoms with van der Waals surface area (Å²) in [6.45, 7) is 7.52. The minimum atomic E-state index is 0.676. The number of fused-ring (bicyclic) bond motifs is 9.